The number of aromatic nitrogens is 1. The second-order valence-corrected chi connectivity index (χ2v) is 4.96. The van der Waals surface area contributed by atoms with Gasteiger partial charge in [0.2, 0.25) is 0 Å². The Morgan fingerprint density at radius 1 is 1.60 bits per heavy atom. The quantitative estimate of drug-likeness (QED) is 0.820. The molecule has 6 nitrogen and oxygen atoms in total. The van der Waals surface area contributed by atoms with Crippen LogP contribution in [-0.2, 0) is 9.47 Å². The van der Waals surface area contributed by atoms with Gasteiger partial charge in [0.05, 0.1) is 19.3 Å². The van der Waals surface area contributed by atoms with Gasteiger partial charge in [-0.15, -0.1) is 0 Å². The Labute approximate surface area is 118 Å². The molecule has 0 saturated carbocycles. The zero-order valence-electron chi connectivity index (χ0n) is 11.7. The summed E-state index contributed by atoms with van der Waals surface area (Å²) in [5.74, 6) is -0.345. The number of pyridine rings is 1. The Morgan fingerprint density at radius 2 is 2.40 bits per heavy atom. The highest BCUT2D eigenvalue weighted by Gasteiger charge is 2.32. The number of aliphatic hydroxyl groups excluding tert-OH is 1. The van der Waals surface area contributed by atoms with Crippen molar-refractivity contribution in [3.05, 3.63) is 29.6 Å². The van der Waals surface area contributed by atoms with Crippen LogP contribution in [0.25, 0.3) is 0 Å². The number of nitrogens with one attached hydrogen (secondary N) is 1. The van der Waals surface area contributed by atoms with Crippen molar-refractivity contribution in [3.63, 3.8) is 0 Å². The minimum Gasteiger partial charge on any atom is -0.390 e. The number of aliphatic hydroxyl groups is 1. The van der Waals surface area contributed by atoms with Crippen molar-refractivity contribution in [2.45, 2.75) is 19.1 Å². The fourth-order valence-electron chi connectivity index (χ4n) is 2.24. The second kappa shape index (κ2) is 6.78. The Kier molecular flexibility index (Phi) is 5.05. The van der Waals surface area contributed by atoms with Crippen LogP contribution in [0.3, 0.4) is 0 Å². The number of carbonyl (C=O) groups excluding carboxylic acids is 1. The van der Waals surface area contributed by atoms with E-state index in [2.05, 4.69) is 10.3 Å². The van der Waals surface area contributed by atoms with Crippen LogP contribution in [0.15, 0.2) is 18.3 Å². The summed E-state index contributed by atoms with van der Waals surface area (Å²) in [4.78, 5) is 16.1. The third kappa shape index (κ3) is 3.53. The number of amides is 1. The predicted octanol–water partition coefficient (Wildman–Crippen LogP) is 0.142. The van der Waals surface area contributed by atoms with Crippen LogP contribution < -0.4 is 5.32 Å². The van der Waals surface area contributed by atoms with E-state index in [1.165, 1.54) is 7.11 Å². The normalized spacial score (nSPS) is 26.2. The summed E-state index contributed by atoms with van der Waals surface area (Å²) < 4.78 is 10.5. The lowest BCUT2D eigenvalue weighted by molar-refractivity contribution is -0.132. The van der Waals surface area contributed by atoms with Crippen molar-refractivity contribution in [1.29, 1.82) is 0 Å². The molecule has 0 aromatic carbocycles. The maximum Gasteiger partial charge on any atom is 0.251 e. The Balaban J connectivity index is 1.90. The molecule has 1 aliphatic heterocycles. The summed E-state index contributed by atoms with van der Waals surface area (Å²) in [6.45, 7) is 2.97. The van der Waals surface area contributed by atoms with E-state index in [-0.39, 0.29) is 17.9 Å². The number of methoxy groups -OCH3 is 1. The molecule has 0 spiro atoms. The Bertz CT molecular complexity index is 466. The number of rotatable bonds is 4. The van der Waals surface area contributed by atoms with Crippen molar-refractivity contribution < 1.29 is 19.4 Å². The summed E-state index contributed by atoms with van der Waals surface area (Å²) in [7, 11) is 1.54. The maximum absolute atomic E-state index is 12.0. The van der Waals surface area contributed by atoms with Gasteiger partial charge >= 0.3 is 0 Å². The first-order chi connectivity index (χ1) is 9.61. The number of ether oxygens (including phenoxy) is 2. The van der Waals surface area contributed by atoms with E-state index in [9.17, 15) is 9.90 Å². The van der Waals surface area contributed by atoms with Gasteiger partial charge in [0.15, 0.2) is 0 Å². The molecular weight excluding hydrogens is 260 g/mol. The van der Waals surface area contributed by atoms with Crippen molar-refractivity contribution in [2.24, 2.45) is 5.92 Å². The predicted molar refractivity (Wildman–Crippen MR) is 72.4 cm³/mol. The summed E-state index contributed by atoms with van der Waals surface area (Å²) in [5.41, 5.74) is 1.35. The van der Waals surface area contributed by atoms with E-state index < -0.39 is 6.10 Å². The average Bonchev–Trinajstić information content (AvgIpc) is 2.46. The summed E-state index contributed by atoms with van der Waals surface area (Å²) >= 11 is 0. The first-order valence-corrected chi connectivity index (χ1v) is 6.61. The first-order valence-electron chi connectivity index (χ1n) is 6.61. The lowest BCUT2D eigenvalue weighted by Gasteiger charge is -2.33. The van der Waals surface area contributed by atoms with E-state index >= 15 is 0 Å². The number of aryl methyl sites for hydroxylation is 1. The Hall–Kier alpha value is -1.50. The minimum atomic E-state index is -0.631. The van der Waals surface area contributed by atoms with Crippen LogP contribution in [0.5, 0.6) is 0 Å². The van der Waals surface area contributed by atoms with E-state index in [1.807, 2.05) is 6.92 Å². The van der Waals surface area contributed by atoms with Gasteiger partial charge in [0.25, 0.3) is 5.91 Å². The molecule has 110 valence electrons. The monoisotopic (exact) mass is 280 g/mol. The van der Waals surface area contributed by atoms with Gasteiger partial charge in [-0.3, -0.25) is 9.78 Å². The molecule has 0 radical (unpaired) electrons. The molecule has 2 heterocycles. The SMILES string of the molecule is CO[C@@H]1COC[C@@H](CNC(=O)c2ccnc(C)c2)[C@@H]1O. The molecular formula is C14H20N2O4. The maximum atomic E-state index is 12.0. The van der Waals surface area contributed by atoms with Gasteiger partial charge in [0.1, 0.15) is 6.10 Å². The minimum absolute atomic E-state index is 0.166. The van der Waals surface area contributed by atoms with E-state index in [1.54, 1.807) is 18.3 Å². The van der Waals surface area contributed by atoms with Crippen molar-refractivity contribution in [3.8, 4) is 0 Å². The molecule has 1 aliphatic rings. The highest BCUT2D eigenvalue weighted by atomic mass is 16.5. The fourth-order valence-corrected chi connectivity index (χ4v) is 2.24. The van der Waals surface area contributed by atoms with Gasteiger partial charge in [-0.1, -0.05) is 0 Å². The molecule has 2 N–H and O–H groups in total. The molecule has 0 aliphatic carbocycles. The average molecular weight is 280 g/mol. The molecule has 0 unspecified atom stereocenters. The van der Waals surface area contributed by atoms with Crippen LogP contribution in [0.2, 0.25) is 0 Å². The summed E-state index contributed by atoms with van der Waals surface area (Å²) in [6, 6.07) is 3.38. The second-order valence-electron chi connectivity index (χ2n) is 4.96. The smallest absolute Gasteiger partial charge is 0.251 e. The van der Waals surface area contributed by atoms with Crippen molar-refractivity contribution >= 4 is 5.91 Å². The fraction of sp³-hybridized carbons (Fsp3) is 0.571. The zero-order valence-corrected chi connectivity index (χ0v) is 11.7. The number of hydrogen-bond acceptors (Lipinski definition) is 5. The molecule has 1 amide bonds. The molecule has 0 bridgehead atoms. The summed E-state index contributed by atoms with van der Waals surface area (Å²) in [6.07, 6.45) is 0.631. The number of nitrogens with zero attached hydrogens (tertiary/aromatic N) is 1. The van der Waals surface area contributed by atoms with Crippen LogP contribution in [0, 0.1) is 12.8 Å². The molecule has 1 fully saturated rings. The molecule has 6 heteroatoms. The molecule has 1 saturated heterocycles. The molecule has 3 atom stereocenters. The van der Waals surface area contributed by atoms with E-state index in [4.69, 9.17) is 9.47 Å². The summed E-state index contributed by atoms with van der Waals surface area (Å²) in [5, 5.41) is 12.9. The standard InChI is InChI=1S/C14H20N2O4/c1-9-5-10(3-4-15-9)14(18)16-6-11-7-20-8-12(19-2)13(11)17/h3-5,11-13,17H,6-8H2,1-2H3,(H,16,18)/t11-,12-,13+/m1/s1. The van der Waals surface area contributed by atoms with Crippen molar-refractivity contribution in [1.82, 2.24) is 10.3 Å². The highest BCUT2D eigenvalue weighted by molar-refractivity contribution is 5.94. The molecule has 2 rings (SSSR count). The number of hydrogen-bond donors (Lipinski definition) is 2. The molecule has 20 heavy (non-hydrogen) atoms. The molecule has 1 aromatic heterocycles. The van der Waals surface area contributed by atoms with Gasteiger partial charge < -0.3 is 19.9 Å². The van der Waals surface area contributed by atoms with Gasteiger partial charge in [0, 0.05) is 37.0 Å². The third-order valence-electron chi connectivity index (χ3n) is 3.46. The zero-order chi connectivity index (χ0) is 14.5. The van der Waals surface area contributed by atoms with E-state index in [0.717, 1.165) is 5.69 Å². The van der Waals surface area contributed by atoms with Gasteiger partial charge in [-0.25, -0.2) is 0 Å². The number of carbonyl (C=O) groups is 1. The Morgan fingerprint density at radius 3 is 3.10 bits per heavy atom. The first kappa shape index (κ1) is 14.9. The third-order valence-corrected chi connectivity index (χ3v) is 3.46. The van der Waals surface area contributed by atoms with Crippen LogP contribution in [0.1, 0.15) is 16.1 Å². The largest absolute Gasteiger partial charge is 0.390 e. The topological polar surface area (TPSA) is 80.7 Å². The van der Waals surface area contributed by atoms with Gasteiger partial charge in [-0.05, 0) is 19.1 Å². The van der Waals surface area contributed by atoms with Crippen LogP contribution >= 0.6 is 0 Å². The van der Waals surface area contributed by atoms with Crippen LogP contribution in [0.4, 0.5) is 0 Å². The van der Waals surface area contributed by atoms with Crippen molar-refractivity contribution in [2.75, 3.05) is 26.9 Å². The lowest BCUT2D eigenvalue weighted by Crippen LogP contribution is -2.49. The van der Waals surface area contributed by atoms with Crippen LogP contribution in [-0.4, -0.2) is 55.1 Å². The lowest BCUT2D eigenvalue weighted by atomic mass is 9.96. The van der Waals surface area contributed by atoms with E-state index in [0.29, 0.717) is 25.3 Å². The highest BCUT2D eigenvalue weighted by Crippen LogP contribution is 2.17. The molecule has 1 aromatic rings. The van der Waals surface area contributed by atoms with Gasteiger partial charge in [-0.2, -0.15) is 0 Å².